The zero-order valence-electron chi connectivity index (χ0n) is 11.2. The van der Waals surface area contributed by atoms with Crippen molar-refractivity contribution in [3.05, 3.63) is 23.3 Å². The zero-order valence-corrected chi connectivity index (χ0v) is 11.2. The normalized spacial score (nSPS) is 33.9. The molecule has 2 aliphatic carbocycles. The second-order valence-corrected chi connectivity index (χ2v) is 6.31. The van der Waals surface area contributed by atoms with Crippen molar-refractivity contribution in [3.63, 3.8) is 0 Å². The van der Waals surface area contributed by atoms with Crippen LogP contribution in [0.1, 0.15) is 47.0 Å². The van der Waals surface area contributed by atoms with E-state index in [4.69, 9.17) is 0 Å². The van der Waals surface area contributed by atoms with Crippen molar-refractivity contribution >= 4 is 5.78 Å². The van der Waals surface area contributed by atoms with Gasteiger partial charge in [-0.15, -0.1) is 0 Å². The van der Waals surface area contributed by atoms with E-state index in [2.05, 4.69) is 13.0 Å². The lowest BCUT2D eigenvalue weighted by Crippen LogP contribution is -2.39. The van der Waals surface area contributed by atoms with Gasteiger partial charge in [0.05, 0.1) is 5.60 Å². The highest BCUT2D eigenvalue weighted by atomic mass is 16.3. The highest BCUT2D eigenvalue weighted by molar-refractivity contribution is 6.05. The minimum Gasteiger partial charge on any atom is -0.390 e. The molecule has 0 saturated heterocycles. The third-order valence-corrected chi connectivity index (χ3v) is 4.58. The molecule has 2 atom stereocenters. The van der Waals surface area contributed by atoms with Crippen molar-refractivity contribution in [2.24, 2.45) is 11.3 Å². The average molecular weight is 234 g/mol. The van der Waals surface area contributed by atoms with Crippen molar-refractivity contribution < 1.29 is 9.90 Å². The van der Waals surface area contributed by atoms with Gasteiger partial charge in [0.2, 0.25) is 0 Å². The Bertz CT molecular complexity index is 409. The number of carbonyl (C=O) groups excluding carboxylic acids is 1. The Labute approximate surface area is 103 Å². The summed E-state index contributed by atoms with van der Waals surface area (Å²) in [4.78, 5) is 11.7. The lowest BCUT2D eigenvalue weighted by Gasteiger charge is -2.44. The minimum atomic E-state index is -0.654. The molecule has 0 aromatic rings. The van der Waals surface area contributed by atoms with Crippen molar-refractivity contribution in [1.82, 2.24) is 0 Å². The number of rotatable bonds is 1. The molecule has 2 aliphatic rings. The van der Waals surface area contributed by atoms with Crippen LogP contribution in [0.25, 0.3) is 0 Å². The van der Waals surface area contributed by atoms with E-state index in [0.29, 0.717) is 0 Å². The molecule has 0 aromatic carbocycles. The first-order valence-corrected chi connectivity index (χ1v) is 6.40. The van der Waals surface area contributed by atoms with Crippen LogP contribution in [0.4, 0.5) is 0 Å². The smallest absolute Gasteiger partial charge is 0.181 e. The second-order valence-electron chi connectivity index (χ2n) is 6.31. The standard InChI is InChI=1S/C15H22O2/c1-10-12-9-11(14(2,3)17)5-7-15(12,4)8-6-13(10)16/h6,8,11,17H,5,7,9H2,1-4H3. The van der Waals surface area contributed by atoms with Gasteiger partial charge in [0.1, 0.15) is 0 Å². The van der Waals surface area contributed by atoms with Crippen LogP contribution in [0.5, 0.6) is 0 Å². The minimum absolute atomic E-state index is 0.0414. The Kier molecular flexibility index (Phi) is 2.81. The van der Waals surface area contributed by atoms with E-state index in [9.17, 15) is 9.90 Å². The fraction of sp³-hybridized carbons (Fsp3) is 0.667. The largest absolute Gasteiger partial charge is 0.390 e. The quantitative estimate of drug-likeness (QED) is 0.757. The summed E-state index contributed by atoms with van der Waals surface area (Å²) in [6.45, 7) is 7.87. The van der Waals surface area contributed by atoms with Crippen LogP contribution in [0.15, 0.2) is 23.3 Å². The molecule has 2 heteroatoms. The van der Waals surface area contributed by atoms with Gasteiger partial charge in [0.25, 0.3) is 0 Å². The molecule has 0 aliphatic heterocycles. The number of hydrogen-bond acceptors (Lipinski definition) is 2. The maximum atomic E-state index is 11.7. The fourth-order valence-corrected chi connectivity index (χ4v) is 3.11. The molecule has 0 radical (unpaired) electrons. The topological polar surface area (TPSA) is 37.3 Å². The molecule has 2 nitrogen and oxygen atoms in total. The molecule has 17 heavy (non-hydrogen) atoms. The van der Waals surface area contributed by atoms with Crippen LogP contribution < -0.4 is 0 Å². The number of allylic oxidation sites excluding steroid dienone is 4. The lowest BCUT2D eigenvalue weighted by atomic mass is 9.62. The van der Waals surface area contributed by atoms with Gasteiger partial charge in [-0.3, -0.25) is 4.79 Å². The van der Waals surface area contributed by atoms with Gasteiger partial charge < -0.3 is 5.11 Å². The Hall–Kier alpha value is -0.890. The van der Waals surface area contributed by atoms with E-state index in [1.807, 2.05) is 20.8 Å². The van der Waals surface area contributed by atoms with Crippen LogP contribution in [0.3, 0.4) is 0 Å². The summed E-state index contributed by atoms with van der Waals surface area (Å²) in [7, 11) is 0. The summed E-state index contributed by atoms with van der Waals surface area (Å²) in [6, 6.07) is 0. The Morgan fingerprint density at radius 1 is 1.47 bits per heavy atom. The van der Waals surface area contributed by atoms with E-state index in [0.717, 1.165) is 24.8 Å². The van der Waals surface area contributed by atoms with Gasteiger partial charge in [-0.1, -0.05) is 18.6 Å². The fourth-order valence-electron chi connectivity index (χ4n) is 3.11. The van der Waals surface area contributed by atoms with Gasteiger partial charge >= 0.3 is 0 Å². The van der Waals surface area contributed by atoms with Crippen molar-refractivity contribution in [1.29, 1.82) is 0 Å². The number of fused-ring (bicyclic) bond motifs is 1. The molecule has 0 spiro atoms. The molecule has 0 heterocycles. The number of ketones is 1. The Morgan fingerprint density at radius 3 is 2.71 bits per heavy atom. The van der Waals surface area contributed by atoms with Crippen LogP contribution >= 0.6 is 0 Å². The third kappa shape index (κ3) is 2.11. The summed E-state index contributed by atoms with van der Waals surface area (Å²) in [5.41, 5.74) is 1.52. The van der Waals surface area contributed by atoms with Crippen molar-refractivity contribution in [3.8, 4) is 0 Å². The number of hydrogen-bond donors (Lipinski definition) is 1. The maximum Gasteiger partial charge on any atom is 0.181 e. The maximum absolute atomic E-state index is 11.7. The Balaban J connectivity index is 2.34. The van der Waals surface area contributed by atoms with Crippen LogP contribution in [-0.4, -0.2) is 16.5 Å². The molecule has 2 rings (SSSR count). The van der Waals surface area contributed by atoms with Crippen molar-refractivity contribution in [2.45, 2.75) is 52.6 Å². The van der Waals surface area contributed by atoms with Gasteiger partial charge in [0.15, 0.2) is 5.78 Å². The predicted molar refractivity (Wildman–Crippen MR) is 68.6 cm³/mol. The van der Waals surface area contributed by atoms with E-state index in [-0.39, 0.29) is 17.1 Å². The second kappa shape index (κ2) is 3.81. The number of carbonyl (C=O) groups is 1. The first-order valence-electron chi connectivity index (χ1n) is 6.40. The van der Waals surface area contributed by atoms with Crippen LogP contribution in [-0.2, 0) is 4.79 Å². The van der Waals surface area contributed by atoms with E-state index < -0.39 is 5.60 Å². The molecule has 2 unspecified atom stereocenters. The monoisotopic (exact) mass is 234 g/mol. The summed E-state index contributed by atoms with van der Waals surface area (Å²) in [5.74, 6) is 0.397. The first kappa shape index (κ1) is 12.6. The average Bonchev–Trinajstić information content (AvgIpc) is 2.22. The third-order valence-electron chi connectivity index (χ3n) is 4.58. The van der Waals surface area contributed by atoms with Gasteiger partial charge in [0, 0.05) is 5.41 Å². The first-order chi connectivity index (χ1) is 7.74. The van der Waals surface area contributed by atoms with Gasteiger partial charge in [-0.2, -0.15) is 0 Å². The molecule has 0 amide bonds. The summed E-state index contributed by atoms with van der Waals surface area (Å²) < 4.78 is 0. The zero-order chi connectivity index (χ0) is 12.8. The molecule has 0 bridgehead atoms. The molecular formula is C15H22O2. The Morgan fingerprint density at radius 2 is 2.12 bits per heavy atom. The van der Waals surface area contributed by atoms with Crippen LogP contribution in [0, 0.1) is 11.3 Å². The van der Waals surface area contributed by atoms with E-state index >= 15 is 0 Å². The van der Waals surface area contributed by atoms with Crippen molar-refractivity contribution in [2.75, 3.05) is 0 Å². The number of aliphatic hydroxyl groups is 1. The molecule has 1 saturated carbocycles. The summed E-state index contributed by atoms with van der Waals surface area (Å²) >= 11 is 0. The predicted octanol–water partition coefficient (Wildman–Crippen LogP) is 3.02. The van der Waals surface area contributed by atoms with E-state index in [1.165, 1.54) is 5.57 Å². The highest BCUT2D eigenvalue weighted by Gasteiger charge is 2.41. The molecule has 0 aromatic heterocycles. The molecule has 94 valence electrons. The summed E-state index contributed by atoms with van der Waals surface area (Å²) in [5, 5.41) is 10.1. The lowest BCUT2D eigenvalue weighted by molar-refractivity contribution is -0.111. The summed E-state index contributed by atoms with van der Waals surface area (Å²) in [6.07, 6.45) is 6.66. The van der Waals surface area contributed by atoms with E-state index in [1.54, 1.807) is 6.08 Å². The molecule has 1 fully saturated rings. The molecule has 1 N–H and O–H groups in total. The van der Waals surface area contributed by atoms with Gasteiger partial charge in [-0.25, -0.2) is 0 Å². The highest BCUT2D eigenvalue weighted by Crippen LogP contribution is 2.49. The molecular weight excluding hydrogens is 212 g/mol. The van der Waals surface area contributed by atoms with Crippen LogP contribution in [0.2, 0.25) is 0 Å². The SMILES string of the molecule is CC1=C2CC(C(C)(C)O)CCC2(C)C=CC1=O. The van der Waals surface area contributed by atoms with Gasteiger partial charge in [-0.05, 0) is 57.6 Å².